The fourth-order valence-electron chi connectivity index (χ4n) is 1.45. The van der Waals surface area contributed by atoms with E-state index in [-0.39, 0.29) is 0 Å². The Labute approximate surface area is 94.7 Å². The van der Waals surface area contributed by atoms with Gasteiger partial charge in [0.15, 0.2) is 0 Å². The number of furan rings is 1. The lowest BCUT2D eigenvalue weighted by molar-refractivity contribution is 0.490. The highest BCUT2D eigenvalue weighted by molar-refractivity contribution is 5.35. The first-order chi connectivity index (χ1) is 7.78. The summed E-state index contributed by atoms with van der Waals surface area (Å²) in [5.41, 5.74) is 1.04. The first-order valence-electron chi connectivity index (χ1n) is 5.38. The zero-order chi connectivity index (χ0) is 11.4. The van der Waals surface area contributed by atoms with Crippen molar-refractivity contribution >= 4 is 5.82 Å². The SMILES string of the molecule is CCc1cc(NCc2ccc(C)o2)ncn1. The van der Waals surface area contributed by atoms with Crippen molar-refractivity contribution in [2.75, 3.05) is 5.32 Å². The van der Waals surface area contributed by atoms with E-state index in [1.54, 1.807) is 6.33 Å². The van der Waals surface area contributed by atoms with Crippen LogP contribution in [0.3, 0.4) is 0 Å². The fourth-order valence-corrected chi connectivity index (χ4v) is 1.45. The number of nitrogens with one attached hydrogen (secondary N) is 1. The number of aryl methyl sites for hydroxylation is 2. The van der Waals surface area contributed by atoms with Crippen LogP contribution < -0.4 is 5.32 Å². The van der Waals surface area contributed by atoms with E-state index in [0.717, 1.165) is 29.5 Å². The van der Waals surface area contributed by atoms with E-state index in [2.05, 4.69) is 22.2 Å². The molecular formula is C12H15N3O. The normalized spacial score (nSPS) is 10.4. The first-order valence-corrected chi connectivity index (χ1v) is 5.38. The van der Waals surface area contributed by atoms with Crippen molar-refractivity contribution in [3.8, 4) is 0 Å². The lowest BCUT2D eigenvalue weighted by atomic mass is 10.3. The summed E-state index contributed by atoms with van der Waals surface area (Å²) in [4.78, 5) is 8.29. The Morgan fingerprint density at radius 1 is 1.31 bits per heavy atom. The van der Waals surface area contributed by atoms with E-state index in [4.69, 9.17) is 4.42 Å². The van der Waals surface area contributed by atoms with Crippen LogP contribution in [0.25, 0.3) is 0 Å². The Morgan fingerprint density at radius 3 is 2.88 bits per heavy atom. The van der Waals surface area contributed by atoms with Gasteiger partial charge in [0, 0.05) is 11.8 Å². The van der Waals surface area contributed by atoms with Crippen LogP contribution in [0.5, 0.6) is 0 Å². The van der Waals surface area contributed by atoms with Gasteiger partial charge in [0.05, 0.1) is 6.54 Å². The van der Waals surface area contributed by atoms with Gasteiger partial charge in [-0.1, -0.05) is 6.92 Å². The summed E-state index contributed by atoms with van der Waals surface area (Å²) in [5.74, 6) is 2.67. The van der Waals surface area contributed by atoms with Gasteiger partial charge in [-0.15, -0.1) is 0 Å². The predicted octanol–water partition coefficient (Wildman–Crippen LogP) is 2.55. The molecule has 2 aromatic rings. The van der Waals surface area contributed by atoms with Crippen LogP contribution in [0.1, 0.15) is 24.1 Å². The average molecular weight is 217 g/mol. The van der Waals surface area contributed by atoms with Crippen LogP contribution in [0.15, 0.2) is 28.9 Å². The van der Waals surface area contributed by atoms with Crippen molar-refractivity contribution in [1.29, 1.82) is 0 Å². The molecule has 4 heteroatoms. The molecule has 0 atom stereocenters. The summed E-state index contributed by atoms with van der Waals surface area (Å²) >= 11 is 0. The molecule has 4 nitrogen and oxygen atoms in total. The van der Waals surface area contributed by atoms with Crippen molar-refractivity contribution in [2.24, 2.45) is 0 Å². The van der Waals surface area contributed by atoms with E-state index in [9.17, 15) is 0 Å². The van der Waals surface area contributed by atoms with Gasteiger partial charge in [0.1, 0.15) is 23.7 Å². The third kappa shape index (κ3) is 2.59. The van der Waals surface area contributed by atoms with Crippen LogP contribution in [-0.2, 0) is 13.0 Å². The molecule has 0 spiro atoms. The van der Waals surface area contributed by atoms with Crippen LogP contribution in [0.4, 0.5) is 5.82 Å². The molecule has 16 heavy (non-hydrogen) atoms. The largest absolute Gasteiger partial charge is 0.465 e. The zero-order valence-corrected chi connectivity index (χ0v) is 9.53. The van der Waals surface area contributed by atoms with E-state index in [1.807, 2.05) is 25.1 Å². The molecule has 2 heterocycles. The Bertz CT molecular complexity index is 465. The molecule has 2 aromatic heterocycles. The molecule has 84 valence electrons. The summed E-state index contributed by atoms with van der Waals surface area (Å²) in [5, 5.41) is 3.20. The number of hydrogen-bond acceptors (Lipinski definition) is 4. The third-order valence-corrected chi connectivity index (χ3v) is 2.33. The minimum Gasteiger partial charge on any atom is -0.465 e. The molecule has 0 amide bonds. The minimum absolute atomic E-state index is 0.647. The molecule has 0 aliphatic rings. The molecular weight excluding hydrogens is 202 g/mol. The monoisotopic (exact) mass is 217 g/mol. The smallest absolute Gasteiger partial charge is 0.129 e. The summed E-state index contributed by atoms with van der Waals surface area (Å²) in [6.07, 6.45) is 2.49. The van der Waals surface area contributed by atoms with Crippen LogP contribution >= 0.6 is 0 Å². The van der Waals surface area contributed by atoms with Gasteiger partial charge in [0.25, 0.3) is 0 Å². The molecule has 0 fully saturated rings. The second-order valence-corrected chi connectivity index (χ2v) is 3.61. The van der Waals surface area contributed by atoms with Gasteiger partial charge < -0.3 is 9.73 Å². The van der Waals surface area contributed by atoms with E-state index >= 15 is 0 Å². The van der Waals surface area contributed by atoms with Gasteiger partial charge in [-0.25, -0.2) is 9.97 Å². The summed E-state index contributed by atoms with van der Waals surface area (Å²) in [7, 11) is 0. The predicted molar refractivity (Wildman–Crippen MR) is 62.2 cm³/mol. The standard InChI is InChI=1S/C12H15N3O/c1-3-10-6-12(15-8-14-10)13-7-11-5-4-9(2)16-11/h4-6,8H,3,7H2,1-2H3,(H,13,14,15). The second-order valence-electron chi connectivity index (χ2n) is 3.61. The molecule has 0 unspecified atom stereocenters. The molecule has 0 bridgehead atoms. The summed E-state index contributed by atoms with van der Waals surface area (Å²) in [6, 6.07) is 5.87. The Balaban J connectivity index is 1.99. The second kappa shape index (κ2) is 4.79. The Hall–Kier alpha value is -1.84. The van der Waals surface area contributed by atoms with Crippen LogP contribution in [0.2, 0.25) is 0 Å². The van der Waals surface area contributed by atoms with Crippen molar-refractivity contribution < 1.29 is 4.42 Å². The summed E-state index contributed by atoms with van der Waals surface area (Å²) in [6.45, 7) is 4.65. The molecule has 1 N–H and O–H groups in total. The molecule has 0 aliphatic heterocycles. The van der Waals surface area contributed by atoms with Crippen LogP contribution in [0, 0.1) is 6.92 Å². The zero-order valence-electron chi connectivity index (χ0n) is 9.53. The maximum atomic E-state index is 5.46. The van der Waals surface area contributed by atoms with Gasteiger partial charge in [-0.05, 0) is 25.5 Å². The van der Waals surface area contributed by atoms with Crippen LogP contribution in [-0.4, -0.2) is 9.97 Å². The Morgan fingerprint density at radius 2 is 2.19 bits per heavy atom. The van der Waals surface area contributed by atoms with Gasteiger partial charge in [-0.2, -0.15) is 0 Å². The van der Waals surface area contributed by atoms with Crippen molar-refractivity contribution in [2.45, 2.75) is 26.8 Å². The van der Waals surface area contributed by atoms with Crippen molar-refractivity contribution in [1.82, 2.24) is 9.97 Å². The van der Waals surface area contributed by atoms with Gasteiger partial charge >= 0.3 is 0 Å². The minimum atomic E-state index is 0.647. The lowest BCUT2D eigenvalue weighted by Gasteiger charge is -2.04. The topological polar surface area (TPSA) is 51.0 Å². The number of nitrogens with zero attached hydrogens (tertiary/aromatic N) is 2. The molecule has 0 radical (unpaired) electrons. The number of aromatic nitrogens is 2. The van der Waals surface area contributed by atoms with E-state index in [1.165, 1.54) is 0 Å². The fraction of sp³-hybridized carbons (Fsp3) is 0.333. The molecule has 0 saturated heterocycles. The van der Waals surface area contributed by atoms with Crippen molar-refractivity contribution in [3.05, 3.63) is 41.7 Å². The highest BCUT2D eigenvalue weighted by Crippen LogP contribution is 2.10. The average Bonchev–Trinajstić information content (AvgIpc) is 2.73. The third-order valence-electron chi connectivity index (χ3n) is 2.33. The maximum Gasteiger partial charge on any atom is 0.129 e. The quantitative estimate of drug-likeness (QED) is 0.855. The summed E-state index contributed by atoms with van der Waals surface area (Å²) < 4.78 is 5.46. The van der Waals surface area contributed by atoms with Crippen molar-refractivity contribution in [3.63, 3.8) is 0 Å². The highest BCUT2D eigenvalue weighted by atomic mass is 16.3. The molecule has 0 saturated carbocycles. The molecule has 2 rings (SSSR count). The maximum absolute atomic E-state index is 5.46. The number of anilines is 1. The molecule has 0 aromatic carbocycles. The highest BCUT2D eigenvalue weighted by Gasteiger charge is 2.00. The van der Waals surface area contributed by atoms with Gasteiger partial charge in [-0.3, -0.25) is 0 Å². The number of hydrogen-bond donors (Lipinski definition) is 1. The first kappa shape index (κ1) is 10.7. The van der Waals surface area contributed by atoms with Gasteiger partial charge in [0.2, 0.25) is 0 Å². The number of rotatable bonds is 4. The molecule has 0 aliphatic carbocycles. The van der Waals surface area contributed by atoms with E-state index < -0.39 is 0 Å². The lowest BCUT2D eigenvalue weighted by Crippen LogP contribution is -2.01. The Kier molecular flexibility index (Phi) is 3.19. The van der Waals surface area contributed by atoms with E-state index in [0.29, 0.717) is 6.54 Å².